The van der Waals surface area contributed by atoms with Gasteiger partial charge in [-0.2, -0.15) is 0 Å². The van der Waals surface area contributed by atoms with Gasteiger partial charge in [-0.1, -0.05) is 17.7 Å². The largest absolute Gasteiger partial charge is 0.478 e. The molecule has 0 unspecified atom stereocenters. The molecule has 0 atom stereocenters. The van der Waals surface area contributed by atoms with Crippen LogP contribution in [0.1, 0.15) is 20.7 Å². The van der Waals surface area contributed by atoms with E-state index in [2.05, 4.69) is 21.2 Å². The molecular formula is C14H8BrClFNO3. The van der Waals surface area contributed by atoms with Crippen LogP contribution in [0.25, 0.3) is 0 Å². The van der Waals surface area contributed by atoms with Crippen molar-refractivity contribution in [1.29, 1.82) is 0 Å². The molecule has 0 saturated carbocycles. The maximum Gasteiger partial charge on any atom is 0.337 e. The summed E-state index contributed by atoms with van der Waals surface area (Å²) in [6.07, 6.45) is 0. The molecule has 2 aromatic rings. The van der Waals surface area contributed by atoms with Crippen LogP contribution in [-0.2, 0) is 0 Å². The van der Waals surface area contributed by atoms with Crippen LogP contribution in [0.5, 0.6) is 0 Å². The monoisotopic (exact) mass is 371 g/mol. The highest BCUT2D eigenvalue weighted by Crippen LogP contribution is 2.24. The predicted molar refractivity (Wildman–Crippen MR) is 80.5 cm³/mol. The molecule has 2 N–H and O–H groups in total. The van der Waals surface area contributed by atoms with Gasteiger partial charge in [-0.25, -0.2) is 9.18 Å². The molecule has 1 amide bonds. The fourth-order valence-electron chi connectivity index (χ4n) is 1.67. The third kappa shape index (κ3) is 3.40. The van der Waals surface area contributed by atoms with Gasteiger partial charge in [-0.15, -0.1) is 0 Å². The number of benzene rings is 2. The van der Waals surface area contributed by atoms with Crippen LogP contribution < -0.4 is 5.32 Å². The first-order valence-corrected chi connectivity index (χ1v) is 6.85. The molecule has 0 bridgehead atoms. The molecule has 0 radical (unpaired) electrons. The second-order valence-electron chi connectivity index (χ2n) is 4.05. The van der Waals surface area contributed by atoms with Crippen LogP contribution in [0, 0.1) is 5.82 Å². The van der Waals surface area contributed by atoms with E-state index in [-0.39, 0.29) is 21.8 Å². The summed E-state index contributed by atoms with van der Waals surface area (Å²) in [5, 5.41) is 11.3. The molecule has 0 aliphatic rings. The third-order valence-corrected chi connectivity index (χ3v) is 3.62. The van der Waals surface area contributed by atoms with Gasteiger partial charge in [-0.3, -0.25) is 4.79 Å². The lowest BCUT2D eigenvalue weighted by Crippen LogP contribution is -2.14. The number of aromatic carboxylic acids is 1. The predicted octanol–water partition coefficient (Wildman–Crippen LogP) is 4.19. The third-order valence-electron chi connectivity index (χ3n) is 2.65. The van der Waals surface area contributed by atoms with E-state index in [0.717, 1.165) is 0 Å². The van der Waals surface area contributed by atoms with E-state index in [9.17, 15) is 14.0 Å². The van der Waals surface area contributed by atoms with E-state index >= 15 is 0 Å². The van der Waals surface area contributed by atoms with Crippen molar-refractivity contribution in [2.24, 2.45) is 0 Å². The lowest BCUT2D eigenvalue weighted by molar-refractivity contribution is 0.0697. The Bertz CT molecular complexity index is 716. The Labute approximate surface area is 132 Å². The number of carbonyl (C=O) groups excluding carboxylic acids is 1. The highest BCUT2D eigenvalue weighted by molar-refractivity contribution is 9.10. The van der Waals surface area contributed by atoms with Gasteiger partial charge < -0.3 is 10.4 Å². The van der Waals surface area contributed by atoms with Crippen molar-refractivity contribution < 1.29 is 19.1 Å². The molecule has 0 spiro atoms. The lowest BCUT2D eigenvalue weighted by Gasteiger charge is -2.09. The number of rotatable bonds is 3. The highest BCUT2D eigenvalue weighted by atomic mass is 79.9. The maximum absolute atomic E-state index is 13.7. The van der Waals surface area contributed by atoms with E-state index < -0.39 is 17.7 Å². The minimum atomic E-state index is -1.17. The summed E-state index contributed by atoms with van der Waals surface area (Å²) in [7, 11) is 0. The molecule has 2 rings (SSSR count). The Balaban J connectivity index is 2.28. The topological polar surface area (TPSA) is 66.4 Å². The van der Waals surface area contributed by atoms with Gasteiger partial charge in [0.2, 0.25) is 0 Å². The molecule has 0 aliphatic heterocycles. The molecule has 0 fully saturated rings. The summed E-state index contributed by atoms with van der Waals surface area (Å²) in [4.78, 5) is 22.9. The van der Waals surface area contributed by atoms with Crippen LogP contribution in [0.4, 0.5) is 10.1 Å². The standard InChI is InChI=1S/C14H8BrClFNO3/c15-9-2-1-3-11(17)12(9)13(19)18-7-4-5-8(14(20)21)10(16)6-7/h1-6H,(H,18,19)(H,20,21). The second-order valence-corrected chi connectivity index (χ2v) is 5.31. The number of hydrogen-bond donors (Lipinski definition) is 2. The van der Waals surface area contributed by atoms with Crippen LogP contribution in [0.2, 0.25) is 5.02 Å². The van der Waals surface area contributed by atoms with Crippen LogP contribution in [0.15, 0.2) is 40.9 Å². The van der Waals surface area contributed by atoms with Crippen molar-refractivity contribution in [3.05, 3.63) is 62.8 Å². The van der Waals surface area contributed by atoms with Crippen LogP contribution in [-0.4, -0.2) is 17.0 Å². The molecule has 0 aliphatic carbocycles. The average molecular weight is 373 g/mol. The van der Waals surface area contributed by atoms with Gasteiger partial charge in [0.05, 0.1) is 16.1 Å². The Morgan fingerprint density at radius 1 is 1.24 bits per heavy atom. The van der Waals surface area contributed by atoms with Gasteiger partial charge in [0.1, 0.15) is 5.82 Å². The van der Waals surface area contributed by atoms with Crippen molar-refractivity contribution in [2.75, 3.05) is 5.32 Å². The van der Waals surface area contributed by atoms with E-state index in [4.69, 9.17) is 16.7 Å². The Morgan fingerprint density at radius 2 is 1.95 bits per heavy atom. The molecule has 7 heteroatoms. The summed E-state index contributed by atoms with van der Waals surface area (Å²) in [5.74, 6) is -2.51. The first-order chi connectivity index (χ1) is 9.90. The second kappa shape index (κ2) is 6.24. The summed E-state index contributed by atoms with van der Waals surface area (Å²) in [6, 6.07) is 8.10. The molecule has 0 saturated heterocycles. The first kappa shape index (κ1) is 15.5. The van der Waals surface area contributed by atoms with E-state index in [0.29, 0.717) is 4.47 Å². The molecular weight excluding hydrogens is 365 g/mol. The molecule has 108 valence electrons. The zero-order chi connectivity index (χ0) is 15.6. The Kier molecular flexibility index (Phi) is 4.59. The number of carboxylic acids is 1. The van der Waals surface area contributed by atoms with E-state index in [1.165, 1.54) is 30.3 Å². The fraction of sp³-hybridized carbons (Fsp3) is 0. The van der Waals surface area contributed by atoms with E-state index in [1.54, 1.807) is 6.07 Å². The van der Waals surface area contributed by atoms with Gasteiger partial charge in [-0.05, 0) is 46.3 Å². The molecule has 2 aromatic carbocycles. The zero-order valence-electron chi connectivity index (χ0n) is 10.4. The minimum Gasteiger partial charge on any atom is -0.478 e. The minimum absolute atomic E-state index is 0.0205. The van der Waals surface area contributed by atoms with Crippen molar-refractivity contribution in [2.45, 2.75) is 0 Å². The van der Waals surface area contributed by atoms with Crippen LogP contribution >= 0.6 is 27.5 Å². The molecule has 0 heterocycles. The summed E-state index contributed by atoms with van der Waals surface area (Å²) in [6.45, 7) is 0. The van der Waals surface area contributed by atoms with Crippen molar-refractivity contribution in [3.8, 4) is 0 Å². The molecule has 0 aromatic heterocycles. The Morgan fingerprint density at radius 3 is 2.52 bits per heavy atom. The van der Waals surface area contributed by atoms with Crippen molar-refractivity contribution in [3.63, 3.8) is 0 Å². The summed E-state index contributed by atoms with van der Waals surface area (Å²) >= 11 is 8.90. The van der Waals surface area contributed by atoms with Gasteiger partial charge in [0.25, 0.3) is 5.91 Å². The SMILES string of the molecule is O=C(O)c1ccc(NC(=O)c2c(F)cccc2Br)cc1Cl. The number of carboxylic acid groups (broad SMARTS) is 1. The quantitative estimate of drug-likeness (QED) is 0.849. The normalized spacial score (nSPS) is 10.2. The number of hydrogen-bond acceptors (Lipinski definition) is 2. The summed E-state index contributed by atoms with van der Waals surface area (Å²) < 4.78 is 14.0. The number of anilines is 1. The van der Waals surface area contributed by atoms with Crippen LogP contribution in [0.3, 0.4) is 0 Å². The fourth-order valence-corrected chi connectivity index (χ4v) is 2.46. The number of amides is 1. The van der Waals surface area contributed by atoms with Crippen molar-refractivity contribution in [1.82, 2.24) is 0 Å². The number of nitrogens with one attached hydrogen (secondary N) is 1. The molecule has 21 heavy (non-hydrogen) atoms. The zero-order valence-corrected chi connectivity index (χ0v) is 12.7. The Hall–Kier alpha value is -1.92. The smallest absolute Gasteiger partial charge is 0.337 e. The maximum atomic E-state index is 13.7. The molecule has 4 nitrogen and oxygen atoms in total. The highest BCUT2D eigenvalue weighted by Gasteiger charge is 2.16. The van der Waals surface area contributed by atoms with E-state index in [1.807, 2.05) is 0 Å². The van der Waals surface area contributed by atoms with Crippen molar-refractivity contribution >= 4 is 45.1 Å². The van der Waals surface area contributed by atoms with Gasteiger partial charge in [0.15, 0.2) is 0 Å². The first-order valence-electron chi connectivity index (χ1n) is 5.68. The van der Waals surface area contributed by atoms with Gasteiger partial charge >= 0.3 is 5.97 Å². The average Bonchev–Trinajstić information content (AvgIpc) is 2.37. The summed E-state index contributed by atoms with van der Waals surface area (Å²) in [5.41, 5.74) is 0.0443. The van der Waals surface area contributed by atoms with Gasteiger partial charge in [0, 0.05) is 10.2 Å². The lowest BCUT2D eigenvalue weighted by atomic mass is 10.1. The number of carbonyl (C=O) groups is 2. The number of halogens is 3.